The van der Waals surface area contributed by atoms with Gasteiger partial charge in [0.15, 0.2) is 12.4 Å². The zero-order valence-corrected chi connectivity index (χ0v) is 12.4. The van der Waals surface area contributed by atoms with E-state index in [1.165, 1.54) is 6.20 Å². The third-order valence-electron chi connectivity index (χ3n) is 3.01. The van der Waals surface area contributed by atoms with E-state index in [9.17, 15) is 9.59 Å². The average molecular weight is 286 g/mol. The minimum atomic E-state index is -0.546. The molecule has 0 aliphatic carbocycles. The number of Topliss-reactive ketones (excluding diaryl/α,β-unsaturated/α-hetero) is 1. The molecule has 0 N–H and O–H groups in total. The summed E-state index contributed by atoms with van der Waals surface area (Å²) in [6, 6.07) is 9.44. The summed E-state index contributed by atoms with van der Waals surface area (Å²) in [6.45, 7) is 5.14. The first-order chi connectivity index (χ1) is 9.88. The van der Waals surface area contributed by atoms with Gasteiger partial charge in [0.2, 0.25) is 0 Å². The summed E-state index contributed by atoms with van der Waals surface area (Å²) in [5, 5.41) is 4.11. The molecular formula is C16H18N2O3. The third kappa shape index (κ3) is 3.78. The minimum Gasteiger partial charge on any atom is -0.454 e. The molecule has 2 aromatic rings. The smallest absolute Gasteiger partial charge is 0.341 e. The van der Waals surface area contributed by atoms with Gasteiger partial charge >= 0.3 is 5.97 Å². The van der Waals surface area contributed by atoms with Gasteiger partial charge in [-0.2, -0.15) is 5.10 Å². The lowest BCUT2D eigenvalue weighted by Crippen LogP contribution is -2.26. The number of benzene rings is 1. The lowest BCUT2D eigenvalue weighted by Gasteiger charge is -2.15. The standard InChI is InChI=1S/C16H18N2O3/c1-16(2,3)14(19)11-21-15(20)12-9-17-18(10-12)13-7-5-4-6-8-13/h4-10H,11H2,1-3H3. The minimum absolute atomic E-state index is 0.119. The molecule has 1 aromatic carbocycles. The van der Waals surface area contributed by atoms with E-state index in [0.29, 0.717) is 5.56 Å². The molecule has 0 aliphatic rings. The van der Waals surface area contributed by atoms with Gasteiger partial charge in [-0.1, -0.05) is 39.0 Å². The van der Waals surface area contributed by atoms with Crippen LogP contribution in [0.1, 0.15) is 31.1 Å². The van der Waals surface area contributed by atoms with Gasteiger partial charge in [0, 0.05) is 11.6 Å². The Hall–Kier alpha value is -2.43. The van der Waals surface area contributed by atoms with Crippen molar-refractivity contribution < 1.29 is 14.3 Å². The predicted octanol–water partition coefficient (Wildman–Crippen LogP) is 2.64. The second-order valence-electron chi connectivity index (χ2n) is 5.76. The number of rotatable bonds is 4. The van der Waals surface area contributed by atoms with Crippen LogP contribution < -0.4 is 0 Å². The number of ketones is 1. The van der Waals surface area contributed by atoms with Crippen molar-refractivity contribution in [2.24, 2.45) is 5.41 Å². The summed E-state index contributed by atoms with van der Waals surface area (Å²) < 4.78 is 6.61. The normalized spacial score (nSPS) is 11.2. The highest BCUT2D eigenvalue weighted by Crippen LogP contribution is 2.15. The van der Waals surface area contributed by atoms with Crippen LogP contribution in [0, 0.1) is 5.41 Å². The molecule has 0 aliphatic heterocycles. The van der Waals surface area contributed by atoms with Gasteiger partial charge in [0.05, 0.1) is 17.4 Å². The molecule has 0 radical (unpaired) electrons. The number of esters is 1. The molecule has 110 valence electrons. The van der Waals surface area contributed by atoms with Crippen LogP contribution in [-0.4, -0.2) is 28.1 Å². The van der Waals surface area contributed by atoms with Crippen LogP contribution in [0.3, 0.4) is 0 Å². The molecule has 1 heterocycles. The number of carbonyl (C=O) groups excluding carboxylic acids is 2. The van der Waals surface area contributed by atoms with Gasteiger partial charge in [0.25, 0.3) is 0 Å². The Morgan fingerprint density at radius 3 is 2.48 bits per heavy atom. The number of para-hydroxylation sites is 1. The predicted molar refractivity (Wildman–Crippen MR) is 78.3 cm³/mol. The van der Waals surface area contributed by atoms with Gasteiger partial charge in [-0.15, -0.1) is 0 Å². The molecule has 5 heteroatoms. The maximum atomic E-state index is 11.9. The number of ether oxygens (including phenoxy) is 1. The maximum Gasteiger partial charge on any atom is 0.341 e. The van der Waals surface area contributed by atoms with Crippen LogP contribution in [0.25, 0.3) is 5.69 Å². The maximum absolute atomic E-state index is 11.9. The van der Waals surface area contributed by atoms with Crippen molar-refractivity contribution in [3.05, 3.63) is 48.3 Å². The van der Waals surface area contributed by atoms with E-state index in [4.69, 9.17) is 4.74 Å². The Morgan fingerprint density at radius 1 is 1.19 bits per heavy atom. The van der Waals surface area contributed by atoms with E-state index in [1.807, 2.05) is 30.3 Å². The first kappa shape index (κ1) is 15.0. The van der Waals surface area contributed by atoms with Crippen molar-refractivity contribution in [2.45, 2.75) is 20.8 Å². The highest BCUT2D eigenvalue weighted by molar-refractivity contribution is 5.92. The van der Waals surface area contributed by atoms with Crippen molar-refractivity contribution >= 4 is 11.8 Å². The SMILES string of the molecule is CC(C)(C)C(=O)COC(=O)c1cnn(-c2ccccc2)c1. The Morgan fingerprint density at radius 2 is 1.86 bits per heavy atom. The first-order valence-electron chi connectivity index (χ1n) is 6.68. The van der Waals surface area contributed by atoms with Crippen LogP contribution in [0.5, 0.6) is 0 Å². The monoisotopic (exact) mass is 286 g/mol. The molecule has 2 rings (SSSR count). The Bertz CT molecular complexity index is 639. The topological polar surface area (TPSA) is 61.2 Å². The van der Waals surface area contributed by atoms with E-state index >= 15 is 0 Å². The van der Waals surface area contributed by atoms with Gasteiger partial charge < -0.3 is 4.74 Å². The number of hydrogen-bond donors (Lipinski definition) is 0. The molecule has 0 atom stereocenters. The van der Waals surface area contributed by atoms with Gasteiger partial charge in [-0.05, 0) is 12.1 Å². The summed E-state index contributed by atoms with van der Waals surface area (Å²) in [5.41, 5.74) is 0.650. The molecule has 0 saturated carbocycles. The van der Waals surface area contributed by atoms with Crippen LogP contribution in [0.4, 0.5) is 0 Å². The molecule has 0 amide bonds. The average Bonchev–Trinajstić information content (AvgIpc) is 2.94. The second kappa shape index (κ2) is 5.91. The number of aromatic nitrogens is 2. The molecular weight excluding hydrogens is 268 g/mol. The summed E-state index contributed by atoms with van der Waals surface area (Å²) in [6.07, 6.45) is 3.01. The first-order valence-corrected chi connectivity index (χ1v) is 6.68. The molecule has 1 aromatic heterocycles. The van der Waals surface area contributed by atoms with E-state index < -0.39 is 11.4 Å². The Labute approximate surface area is 123 Å². The molecule has 0 saturated heterocycles. The quantitative estimate of drug-likeness (QED) is 0.811. The summed E-state index contributed by atoms with van der Waals surface area (Å²) in [4.78, 5) is 23.6. The summed E-state index contributed by atoms with van der Waals surface area (Å²) >= 11 is 0. The van der Waals surface area contributed by atoms with Crippen LogP contribution in [0.2, 0.25) is 0 Å². The van der Waals surface area contributed by atoms with Crippen molar-refractivity contribution in [3.63, 3.8) is 0 Å². The lowest BCUT2D eigenvalue weighted by molar-refractivity contribution is -0.129. The van der Waals surface area contributed by atoms with Crippen LogP contribution in [-0.2, 0) is 9.53 Å². The fourth-order valence-corrected chi connectivity index (χ4v) is 1.58. The molecule has 5 nitrogen and oxygen atoms in total. The molecule has 21 heavy (non-hydrogen) atoms. The van der Waals surface area contributed by atoms with Gasteiger partial charge in [-0.3, -0.25) is 4.79 Å². The zero-order chi connectivity index (χ0) is 15.5. The highest BCUT2D eigenvalue weighted by Gasteiger charge is 2.23. The number of hydrogen-bond acceptors (Lipinski definition) is 4. The Kier molecular flexibility index (Phi) is 4.21. The fourth-order valence-electron chi connectivity index (χ4n) is 1.58. The van der Waals surface area contributed by atoms with Gasteiger partial charge in [0.1, 0.15) is 0 Å². The molecule has 0 spiro atoms. The third-order valence-corrected chi connectivity index (χ3v) is 3.01. The van der Waals surface area contributed by atoms with E-state index in [1.54, 1.807) is 31.6 Å². The van der Waals surface area contributed by atoms with E-state index in [0.717, 1.165) is 5.69 Å². The summed E-state index contributed by atoms with van der Waals surface area (Å²) in [7, 11) is 0. The summed E-state index contributed by atoms with van der Waals surface area (Å²) in [5.74, 6) is -0.666. The van der Waals surface area contributed by atoms with E-state index in [-0.39, 0.29) is 12.4 Å². The zero-order valence-electron chi connectivity index (χ0n) is 12.4. The van der Waals surface area contributed by atoms with Crippen LogP contribution >= 0.6 is 0 Å². The fraction of sp³-hybridized carbons (Fsp3) is 0.312. The number of carbonyl (C=O) groups is 2. The lowest BCUT2D eigenvalue weighted by atomic mass is 9.91. The Balaban J connectivity index is 2.02. The van der Waals surface area contributed by atoms with Gasteiger partial charge in [-0.25, -0.2) is 9.48 Å². The molecule has 0 fully saturated rings. The highest BCUT2D eigenvalue weighted by atomic mass is 16.5. The molecule has 0 bridgehead atoms. The van der Waals surface area contributed by atoms with Crippen molar-refractivity contribution in [3.8, 4) is 5.69 Å². The van der Waals surface area contributed by atoms with Crippen molar-refractivity contribution in [1.29, 1.82) is 0 Å². The molecule has 0 unspecified atom stereocenters. The largest absolute Gasteiger partial charge is 0.454 e. The second-order valence-corrected chi connectivity index (χ2v) is 5.76. The van der Waals surface area contributed by atoms with Crippen LogP contribution in [0.15, 0.2) is 42.7 Å². The number of nitrogens with zero attached hydrogens (tertiary/aromatic N) is 2. The van der Waals surface area contributed by atoms with E-state index in [2.05, 4.69) is 5.10 Å². The van der Waals surface area contributed by atoms with Crippen molar-refractivity contribution in [2.75, 3.05) is 6.61 Å². The van der Waals surface area contributed by atoms with Crippen molar-refractivity contribution in [1.82, 2.24) is 9.78 Å².